The summed E-state index contributed by atoms with van der Waals surface area (Å²) < 4.78 is 4.62. The van der Waals surface area contributed by atoms with E-state index in [2.05, 4.69) is 17.0 Å². The van der Waals surface area contributed by atoms with Gasteiger partial charge in [-0.15, -0.1) is 0 Å². The van der Waals surface area contributed by atoms with E-state index in [0.717, 1.165) is 25.7 Å². The first-order valence-electron chi connectivity index (χ1n) is 5.46. The van der Waals surface area contributed by atoms with Crippen LogP contribution in [-0.4, -0.2) is 25.0 Å². The summed E-state index contributed by atoms with van der Waals surface area (Å²) in [5, 5.41) is 2.59. The van der Waals surface area contributed by atoms with Crippen molar-refractivity contribution in [3.63, 3.8) is 0 Å². The lowest BCUT2D eigenvalue weighted by Crippen LogP contribution is -2.40. The molecule has 4 heteroatoms. The molecular formula is C11H21NO3. The number of nitrogens with one attached hydrogen (secondary N) is 1. The zero-order valence-corrected chi connectivity index (χ0v) is 9.84. The number of hydrogen-bond donors (Lipinski definition) is 1. The van der Waals surface area contributed by atoms with Gasteiger partial charge in [-0.25, -0.2) is 4.79 Å². The average molecular weight is 215 g/mol. The number of carbonyl (C=O) groups excluding carboxylic acids is 2. The third-order valence-corrected chi connectivity index (χ3v) is 2.21. The van der Waals surface area contributed by atoms with Gasteiger partial charge in [-0.1, -0.05) is 32.6 Å². The Morgan fingerprint density at radius 2 is 1.93 bits per heavy atom. The molecule has 1 atom stereocenters. The summed E-state index contributed by atoms with van der Waals surface area (Å²) in [5.74, 6) is -0.553. The Labute approximate surface area is 91.4 Å². The molecule has 0 bridgehead atoms. The summed E-state index contributed by atoms with van der Waals surface area (Å²) in [4.78, 5) is 22.1. The lowest BCUT2D eigenvalue weighted by atomic mass is 10.1. The Bertz CT molecular complexity index is 204. The lowest BCUT2D eigenvalue weighted by Gasteiger charge is -2.14. The summed E-state index contributed by atoms with van der Waals surface area (Å²) in [6.45, 7) is 3.54. The molecule has 0 rings (SSSR count). The number of unbranched alkanes of at least 4 members (excludes halogenated alkanes) is 3. The molecule has 0 aliphatic carbocycles. The Hall–Kier alpha value is -1.06. The SMILES string of the molecule is CCCCCC[C@@H](NC(C)=O)C(=O)OC. The molecule has 0 aliphatic heterocycles. The van der Waals surface area contributed by atoms with Gasteiger partial charge in [0.05, 0.1) is 7.11 Å². The van der Waals surface area contributed by atoms with Crippen molar-refractivity contribution in [3.05, 3.63) is 0 Å². The molecule has 0 unspecified atom stereocenters. The van der Waals surface area contributed by atoms with Crippen LogP contribution in [0, 0.1) is 0 Å². The van der Waals surface area contributed by atoms with Crippen molar-refractivity contribution < 1.29 is 14.3 Å². The van der Waals surface area contributed by atoms with Gasteiger partial charge >= 0.3 is 5.97 Å². The molecule has 88 valence electrons. The number of amides is 1. The normalized spacial score (nSPS) is 11.9. The molecule has 0 spiro atoms. The van der Waals surface area contributed by atoms with E-state index in [1.165, 1.54) is 14.0 Å². The monoisotopic (exact) mass is 215 g/mol. The average Bonchev–Trinajstić information content (AvgIpc) is 2.21. The van der Waals surface area contributed by atoms with Gasteiger partial charge < -0.3 is 10.1 Å². The predicted octanol–water partition coefficient (Wildman–Crippen LogP) is 1.63. The number of hydrogen-bond acceptors (Lipinski definition) is 3. The first-order valence-corrected chi connectivity index (χ1v) is 5.46. The van der Waals surface area contributed by atoms with Crippen LogP contribution in [0.15, 0.2) is 0 Å². The quantitative estimate of drug-likeness (QED) is 0.519. The molecule has 0 heterocycles. The Morgan fingerprint density at radius 1 is 1.27 bits per heavy atom. The molecule has 1 N–H and O–H groups in total. The van der Waals surface area contributed by atoms with E-state index in [9.17, 15) is 9.59 Å². The summed E-state index contributed by atoms with van der Waals surface area (Å²) >= 11 is 0. The smallest absolute Gasteiger partial charge is 0.328 e. The minimum atomic E-state index is -0.482. The Kier molecular flexibility index (Phi) is 7.68. The minimum absolute atomic E-state index is 0.194. The van der Waals surface area contributed by atoms with Crippen LogP contribution in [0.4, 0.5) is 0 Å². The summed E-state index contributed by atoms with van der Waals surface area (Å²) in [6, 6.07) is -0.482. The van der Waals surface area contributed by atoms with Crippen LogP contribution in [0.3, 0.4) is 0 Å². The highest BCUT2D eigenvalue weighted by Crippen LogP contribution is 2.06. The van der Waals surface area contributed by atoms with Gasteiger partial charge in [0, 0.05) is 6.92 Å². The lowest BCUT2D eigenvalue weighted by molar-refractivity contribution is -0.145. The van der Waals surface area contributed by atoms with Gasteiger partial charge in [0.15, 0.2) is 0 Å². The Morgan fingerprint density at radius 3 is 2.40 bits per heavy atom. The molecule has 0 saturated carbocycles. The van der Waals surface area contributed by atoms with Crippen molar-refractivity contribution in [1.29, 1.82) is 0 Å². The molecule has 0 fully saturated rings. The number of methoxy groups -OCH3 is 1. The highest BCUT2D eigenvalue weighted by Gasteiger charge is 2.18. The topological polar surface area (TPSA) is 55.4 Å². The summed E-state index contributed by atoms with van der Waals surface area (Å²) in [6.07, 6.45) is 5.00. The standard InChI is InChI=1S/C11H21NO3/c1-4-5-6-7-8-10(11(14)15-3)12-9(2)13/h10H,4-8H2,1-3H3,(H,12,13)/t10-/m1/s1. The van der Waals surface area contributed by atoms with Crippen LogP contribution >= 0.6 is 0 Å². The fourth-order valence-corrected chi connectivity index (χ4v) is 1.41. The zero-order valence-electron chi connectivity index (χ0n) is 9.84. The third-order valence-electron chi connectivity index (χ3n) is 2.21. The van der Waals surface area contributed by atoms with Crippen molar-refractivity contribution in [2.45, 2.75) is 52.0 Å². The summed E-state index contributed by atoms with van der Waals surface area (Å²) in [7, 11) is 1.34. The van der Waals surface area contributed by atoms with Crippen LogP contribution in [0.25, 0.3) is 0 Å². The molecule has 0 aromatic heterocycles. The molecule has 0 aromatic carbocycles. The van der Waals surface area contributed by atoms with Crippen molar-refractivity contribution in [2.75, 3.05) is 7.11 Å². The second-order valence-electron chi connectivity index (χ2n) is 3.63. The van der Waals surface area contributed by atoms with Gasteiger partial charge in [0.25, 0.3) is 0 Å². The van der Waals surface area contributed by atoms with E-state index in [1.54, 1.807) is 0 Å². The van der Waals surface area contributed by atoms with Gasteiger partial charge in [-0.3, -0.25) is 4.79 Å². The molecule has 0 aromatic rings. The van der Waals surface area contributed by atoms with Gasteiger partial charge in [-0.05, 0) is 6.42 Å². The van der Waals surface area contributed by atoms with Crippen LogP contribution < -0.4 is 5.32 Å². The van der Waals surface area contributed by atoms with E-state index >= 15 is 0 Å². The minimum Gasteiger partial charge on any atom is -0.467 e. The van der Waals surface area contributed by atoms with Crippen LogP contribution in [0.2, 0.25) is 0 Å². The van der Waals surface area contributed by atoms with Crippen LogP contribution in [0.1, 0.15) is 46.0 Å². The van der Waals surface area contributed by atoms with Gasteiger partial charge in [0.1, 0.15) is 6.04 Å². The van der Waals surface area contributed by atoms with E-state index < -0.39 is 6.04 Å². The third kappa shape index (κ3) is 6.94. The second-order valence-corrected chi connectivity index (χ2v) is 3.63. The molecule has 15 heavy (non-hydrogen) atoms. The number of esters is 1. The number of rotatable bonds is 7. The molecule has 0 radical (unpaired) electrons. The van der Waals surface area contributed by atoms with Crippen molar-refractivity contribution in [2.24, 2.45) is 0 Å². The Balaban J connectivity index is 3.90. The largest absolute Gasteiger partial charge is 0.467 e. The maximum Gasteiger partial charge on any atom is 0.328 e. The number of ether oxygens (including phenoxy) is 1. The van der Waals surface area contributed by atoms with E-state index in [-0.39, 0.29) is 11.9 Å². The van der Waals surface area contributed by atoms with Crippen molar-refractivity contribution >= 4 is 11.9 Å². The second kappa shape index (κ2) is 8.26. The van der Waals surface area contributed by atoms with Crippen LogP contribution in [-0.2, 0) is 14.3 Å². The van der Waals surface area contributed by atoms with E-state index in [0.29, 0.717) is 6.42 Å². The molecule has 0 saturated heterocycles. The zero-order chi connectivity index (χ0) is 11.7. The van der Waals surface area contributed by atoms with Gasteiger partial charge in [-0.2, -0.15) is 0 Å². The molecule has 4 nitrogen and oxygen atoms in total. The fourth-order valence-electron chi connectivity index (χ4n) is 1.41. The van der Waals surface area contributed by atoms with Crippen molar-refractivity contribution in [1.82, 2.24) is 5.32 Å². The first-order chi connectivity index (χ1) is 7.11. The first kappa shape index (κ1) is 13.9. The molecular weight excluding hydrogens is 194 g/mol. The van der Waals surface area contributed by atoms with Gasteiger partial charge in [0.2, 0.25) is 5.91 Å². The van der Waals surface area contributed by atoms with Crippen LogP contribution in [0.5, 0.6) is 0 Å². The maximum absolute atomic E-state index is 11.3. The molecule has 1 amide bonds. The van der Waals surface area contributed by atoms with E-state index in [1.807, 2.05) is 0 Å². The number of carbonyl (C=O) groups is 2. The fraction of sp³-hybridized carbons (Fsp3) is 0.818. The van der Waals surface area contributed by atoms with Crippen molar-refractivity contribution in [3.8, 4) is 0 Å². The maximum atomic E-state index is 11.3. The summed E-state index contributed by atoms with van der Waals surface area (Å²) in [5.41, 5.74) is 0. The molecule has 0 aliphatic rings. The predicted molar refractivity (Wildman–Crippen MR) is 58.4 cm³/mol. The van der Waals surface area contributed by atoms with E-state index in [4.69, 9.17) is 0 Å². The highest BCUT2D eigenvalue weighted by molar-refractivity contribution is 5.83. The highest BCUT2D eigenvalue weighted by atomic mass is 16.5.